The third-order valence-corrected chi connectivity index (χ3v) is 5.00. The lowest BCUT2D eigenvalue weighted by atomic mass is 10.1. The number of anilines is 1. The molecule has 0 radical (unpaired) electrons. The van der Waals surface area contributed by atoms with Gasteiger partial charge in [0, 0.05) is 16.6 Å². The van der Waals surface area contributed by atoms with Crippen molar-refractivity contribution in [1.82, 2.24) is 9.97 Å². The number of fused-ring (bicyclic) bond motifs is 1. The van der Waals surface area contributed by atoms with Gasteiger partial charge in [-0.1, -0.05) is 30.3 Å². The van der Waals surface area contributed by atoms with Crippen LogP contribution in [0.4, 0.5) is 5.69 Å². The first-order chi connectivity index (χ1) is 12.7. The Morgan fingerprint density at radius 1 is 1.12 bits per heavy atom. The first-order valence-electron chi connectivity index (χ1n) is 8.18. The third-order valence-electron chi connectivity index (χ3n) is 4.13. The van der Waals surface area contributed by atoms with E-state index in [0.29, 0.717) is 17.8 Å². The van der Waals surface area contributed by atoms with Crippen LogP contribution in [0.25, 0.3) is 21.3 Å². The molecule has 0 atom stereocenters. The third kappa shape index (κ3) is 3.19. The van der Waals surface area contributed by atoms with E-state index in [9.17, 15) is 4.79 Å². The summed E-state index contributed by atoms with van der Waals surface area (Å²) in [6.07, 6.45) is 0. The fourth-order valence-electron chi connectivity index (χ4n) is 2.80. The molecule has 2 aromatic carbocycles. The fraction of sp³-hybridized carbons (Fsp3) is 0.100. The summed E-state index contributed by atoms with van der Waals surface area (Å²) in [4.78, 5) is 20.9. The molecule has 2 N–H and O–H groups in total. The number of hydrogen-bond donors (Lipinski definition) is 2. The number of aromatic nitrogens is 2. The van der Waals surface area contributed by atoms with E-state index in [-0.39, 0.29) is 5.56 Å². The topological polar surface area (TPSA) is 67.0 Å². The van der Waals surface area contributed by atoms with Crippen LogP contribution in [0.5, 0.6) is 5.75 Å². The number of nitrogens with one attached hydrogen (secondary N) is 2. The lowest BCUT2D eigenvalue weighted by molar-refractivity contribution is 0.415. The van der Waals surface area contributed by atoms with Crippen LogP contribution >= 0.6 is 11.3 Å². The highest BCUT2D eigenvalue weighted by atomic mass is 32.1. The Kier molecular flexibility index (Phi) is 4.41. The van der Waals surface area contributed by atoms with Gasteiger partial charge in [0.05, 0.1) is 19.0 Å². The number of hydrogen-bond acceptors (Lipinski definition) is 5. The van der Waals surface area contributed by atoms with Gasteiger partial charge in [0.1, 0.15) is 16.4 Å². The molecule has 0 unspecified atom stereocenters. The van der Waals surface area contributed by atoms with Crippen LogP contribution < -0.4 is 15.6 Å². The molecule has 4 aromatic rings. The van der Waals surface area contributed by atoms with Crippen LogP contribution in [0.2, 0.25) is 0 Å². The number of H-pyrrole nitrogens is 1. The highest BCUT2D eigenvalue weighted by molar-refractivity contribution is 7.17. The molecular formula is C20H17N3O2S. The van der Waals surface area contributed by atoms with E-state index >= 15 is 0 Å². The van der Waals surface area contributed by atoms with Gasteiger partial charge in [0.15, 0.2) is 0 Å². The minimum absolute atomic E-state index is 0.110. The van der Waals surface area contributed by atoms with Crippen molar-refractivity contribution in [2.24, 2.45) is 0 Å². The smallest absolute Gasteiger partial charge is 0.260 e. The van der Waals surface area contributed by atoms with Crippen molar-refractivity contribution < 1.29 is 4.74 Å². The van der Waals surface area contributed by atoms with Gasteiger partial charge in [-0.15, -0.1) is 11.3 Å². The number of nitrogens with zero attached hydrogens (tertiary/aromatic N) is 1. The number of methoxy groups -OCH3 is 1. The molecule has 0 amide bonds. The van der Waals surface area contributed by atoms with Gasteiger partial charge < -0.3 is 15.0 Å². The summed E-state index contributed by atoms with van der Waals surface area (Å²) < 4.78 is 5.15. The molecule has 26 heavy (non-hydrogen) atoms. The summed E-state index contributed by atoms with van der Waals surface area (Å²) in [6, 6.07) is 17.5. The van der Waals surface area contributed by atoms with Gasteiger partial charge in [-0.25, -0.2) is 4.98 Å². The Bertz CT molecular complexity index is 1090. The van der Waals surface area contributed by atoms with E-state index in [4.69, 9.17) is 4.74 Å². The number of benzene rings is 2. The van der Waals surface area contributed by atoms with Crippen molar-refractivity contribution in [2.45, 2.75) is 6.54 Å². The lowest BCUT2D eigenvalue weighted by Crippen LogP contribution is -2.14. The summed E-state index contributed by atoms with van der Waals surface area (Å²) in [5.74, 6) is 1.41. The predicted octanol–water partition coefficient (Wildman–Crippen LogP) is 4.27. The molecule has 4 rings (SSSR count). The molecule has 0 bridgehead atoms. The van der Waals surface area contributed by atoms with Gasteiger partial charge in [-0.3, -0.25) is 4.79 Å². The molecule has 0 fully saturated rings. The highest BCUT2D eigenvalue weighted by Crippen LogP contribution is 2.30. The maximum Gasteiger partial charge on any atom is 0.260 e. The average Bonchev–Trinajstić information content (AvgIpc) is 3.12. The van der Waals surface area contributed by atoms with Crippen molar-refractivity contribution in [1.29, 1.82) is 0 Å². The Morgan fingerprint density at radius 3 is 2.62 bits per heavy atom. The summed E-state index contributed by atoms with van der Waals surface area (Å²) in [5.41, 5.74) is 2.77. The van der Waals surface area contributed by atoms with E-state index in [0.717, 1.165) is 27.4 Å². The van der Waals surface area contributed by atoms with Crippen LogP contribution in [-0.4, -0.2) is 17.1 Å². The molecular weight excluding hydrogens is 346 g/mol. The van der Waals surface area contributed by atoms with Crippen molar-refractivity contribution >= 4 is 27.2 Å². The van der Waals surface area contributed by atoms with Crippen molar-refractivity contribution in [2.75, 3.05) is 12.4 Å². The molecule has 2 aromatic heterocycles. The number of aromatic amines is 1. The second-order valence-corrected chi connectivity index (χ2v) is 6.65. The lowest BCUT2D eigenvalue weighted by Gasteiger charge is -2.07. The molecule has 130 valence electrons. The second kappa shape index (κ2) is 7.01. The van der Waals surface area contributed by atoms with Crippen LogP contribution in [0.1, 0.15) is 5.82 Å². The SMILES string of the molecule is COc1ccc(NCc2nc3scc(-c4ccccc4)c3c(=O)[nH]2)cc1. The summed E-state index contributed by atoms with van der Waals surface area (Å²) >= 11 is 1.49. The van der Waals surface area contributed by atoms with Gasteiger partial charge in [-0.05, 0) is 29.8 Å². The number of ether oxygens (including phenoxy) is 1. The van der Waals surface area contributed by atoms with Crippen molar-refractivity contribution in [3.8, 4) is 16.9 Å². The molecule has 2 heterocycles. The standard InChI is InChI=1S/C20H17N3O2S/c1-25-15-9-7-14(8-10-15)21-11-17-22-19(24)18-16(12-26-20(18)23-17)13-5-3-2-4-6-13/h2-10,12,21H,11H2,1H3,(H,22,23,24). The number of thiophene rings is 1. The zero-order valence-corrected chi connectivity index (χ0v) is 15.0. The first-order valence-corrected chi connectivity index (χ1v) is 9.06. The van der Waals surface area contributed by atoms with Crippen LogP contribution in [0, 0.1) is 0 Å². The molecule has 6 heteroatoms. The fourth-order valence-corrected chi connectivity index (χ4v) is 3.77. The van der Waals surface area contributed by atoms with Crippen molar-refractivity contribution in [3.63, 3.8) is 0 Å². The van der Waals surface area contributed by atoms with E-state index in [1.54, 1.807) is 7.11 Å². The summed E-state index contributed by atoms with van der Waals surface area (Å²) in [6.45, 7) is 0.441. The quantitative estimate of drug-likeness (QED) is 0.556. The molecule has 0 aliphatic carbocycles. The van der Waals surface area contributed by atoms with Gasteiger partial charge in [-0.2, -0.15) is 0 Å². The van der Waals surface area contributed by atoms with E-state index < -0.39 is 0 Å². The van der Waals surface area contributed by atoms with Gasteiger partial charge >= 0.3 is 0 Å². The predicted molar refractivity (Wildman–Crippen MR) is 106 cm³/mol. The maximum atomic E-state index is 12.6. The van der Waals surface area contributed by atoms with Crippen LogP contribution in [0.3, 0.4) is 0 Å². The summed E-state index contributed by atoms with van der Waals surface area (Å²) in [7, 11) is 1.64. The Balaban J connectivity index is 1.60. The molecule has 5 nitrogen and oxygen atoms in total. The molecule has 0 spiro atoms. The van der Waals surface area contributed by atoms with Gasteiger partial charge in [0.2, 0.25) is 0 Å². The van der Waals surface area contributed by atoms with Crippen molar-refractivity contribution in [3.05, 3.63) is 76.2 Å². The zero-order chi connectivity index (χ0) is 17.9. The molecule has 0 saturated carbocycles. The Hall–Kier alpha value is -3.12. The average molecular weight is 363 g/mol. The van der Waals surface area contributed by atoms with Crippen LogP contribution in [-0.2, 0) is 6.54 Å². The highest BCUT2D eigenvalue weighted by Gasteiger charge is 2.12. The monoisotopic (exact) mass is 363 g/mol. The molecule has 0 aliphatic rings. The number of rotatable bonds is 5. The Morgan fingerprint density at radius 2 is 1.88 bits per heavy atom. The normalized spacial score (nSPS) is 10.8. The minimum Gasteiger partial charge on any atom is -0.497 e. The second-order valence-electron chi connectivity index (χ2n) is 5.79. The largest absolute Gasteiger partial charge is 0.497 e. The zero-order valence-electron chi connectivity index (χ0n) is 14.2. The van der Waals surface area contributed by atoms with E-state index in [2.05, 4.69) is 15.3 Å². The summed E-state index contributed by atoms with van der Waals surface area (Å²) in [5, 5.41) is 5.90. The molecule has 0 saturated heterocycles. The Labute approximate surface area is 154 Å². The van der Waals surface area contributed by atoms with E-state index in [1.165, 1.54) is 11.3 Å². The van der Waals surface area contributed by atoms with Gasteiger partial charge in [0.25, 0.3) is 5.56 Å². The maximum absolute atomic E-state index is 12.6. The minimum atomic E-state index is -0.110. The first kappa shape index (κ1) is 16.4. The molecule has 0 aliphatic heterocycles. The van der Waals surface area contributed by atoms with Crippen LogP contribution in [0.15, 0.2) is 64.8 Å². The van der Waals surface area contributed by atoms with E-state index in [1.807, 2.05) is 60.0 Å².